The topological polar surface area (TPSA) is 107 Å². The number of hydrogen-bond acceptors (Lipinski definition) is 8. The molecule has 1 saturated heterocycles. The minimum Gasteiger partial charge on any atom is -0.497 e. The Morgan fingerprint density at radius 3 is 2.10 bits per heavy atom. The van der Waals surface area contributed by atoms with E-state index in [1.165, 1.54) is 21.2 Å². The van der Waals surface area contributed by atoms with Crippen LogP contribution in [0.15, 0.2) is 82.6 Å². The van der Waals surface area contributed by atoms with Crippen LogP contribution in [0.2, 0.25) is 0 Å². The lowest BCUT2D eigenvalue weighted by molar-refractivity contribution is -0.122. The molecule has 4 aromatic rings. The molecular weight excluding hydrogens is 574 g/mol. The van der Waals surface area contributed by atoms with Crippen LogP contribution in [-0.2, 0) is 20.9 Å². The van der Waals surface area contributed by atoms with E-state index in [1.807, 2.05) is 31.2 Å². The minimum absolute atomic E-state index is 0.236. The van der Waals surface area contributed by atoms with Crippen LogP contribution in [0.4, 0.5) is 11.4 Å². The zero-order valence-electron chi connectivity index (χ0n) is 23.0. The van der Waals surface area contributed by atoms with Crippen molar-refractivity contribution in [1.29, 1.82) is 0 Å². The molecule has 1 fully saturated rings. The highest BCUT2D eigenvalue weighted by Gasteiger charge is 2.56. The van der Waals surface area contributed by atoms with Crippen LogP contribution in [0.1, 0.15) is 21.9 Å². The van der Waals surface area contributed by atoms with E-state index in [0.29, 0.717) is 32.8 Å². The summed E-state index contributed by atoms with van der Waals surface area (Å²) in [6, 6.07) is 21.5. The lowest BCUT2D eigenvalue weighted by Gasteiger charge is -2.30. The Morgan fingerprint density at radius 1 is 0.857 bits per heavy atom. The molecule has 6 rings (SSSR count). The number of anilines is 2. The molecule has 1 N–H and O–H groups in total. The summed E-state index contributed by atoms with van der Waals surface area (Å²) in [7, 11) is 3.13. The van der Waals surface area contributed by atoms with E-state index >= 15 is 0 Å². The van der Waals surface area contributed by atoms with Crippen LogP contribution in [0, 0.1) is 12.8 Å². The van der Waals surface area contributed by atoms with E-state index in [-0.39, 0.29) is 29.1 Å². The predicted molar refractivity (Wildman–Crippen MR) is 162 cm³/mol. The largest absolute Gasteiger partial charge is 0.497 e. The van der Waals surface area contributed by atoms with Gasteiger partial charge >= 0.3 is 4.87 Å². The van der Waals surface area contributed by atoms with Gasteiger partial charge in [0, 0.05) is 16.5 Å². The van der Waals surface area contributed by atoms with Gasteiger partial charge in [0.05, 0.1) is 30.9 Å². The third kappa shape index (κ3) is 4.88. The number of thiazole rings is 1. The van der Waals surface area contributed by atoms with Crippen molar-refractivity contribution in [2.45, 2.75) is 29.7 Å². The van der Waals surface area contributed by atoms with Gasteiger partial charge in [0.2, 0.25) is 17.7 Å². The van der Waals surface area contributed by atoms with Crippen molar-refractivity contribution < 1.29 is 23.9 Å². The summed E-state index contributed by atoms with van der Waals surface area (Å²) < 4.78 is 11.9. The number of benzene rings is 3. The number of rotatable bonds is 7. The second-order valence-electron chi connectivity index (χ2n) is 10.1. The number of carbonyl (C=O) groups is 3. The van der Waals surface area contributed by atoms with Gasteiger partial charge in [0.1, 0.15) is 23.3 Å². The lowest BCUT2D eigenvalue weighted by atomic mass is 9.83. The summed E-state index contributed by atoms with van der Waals surface area (Å²) in [5.74, 6) is -0.995. The molecule has 9 nitrogen and oxygen atoms in total. The second kappa shape index (κ2) is 11.1. The Labute approximate surface area is 250 Å². The molecule has 42 heavy (non-hydrogen) atoms. The molecule has 0 bridgehead atoms. The average Bonchev–Trinajstić information content (AvgIpc) is 3.44. The van der Waals surface area contributed by atoms with Crippen molar-refractivity contribution in [3.63, 3.8) is 0 Å². The summed E-state index contributed by atoms with van der Waals surface area (Å²) in [6.45, 7) is 1.70. The summed E-state index contributed by atoms with van der Waals surface area (Å²) in [5.41, 5.74) is 2.88. The number of nitrogens with zero attached hydrogens (tertiary/aromatic N) is 2. The predicted octanol–water partition coefficient (Wildman–Crippen LogP) is 4.67. The van der Waals surface area contributed by atoms with Crippen LogP contribution >= 0.6 is 23.1 Å². The molecule has 3 amide bonds. The first-order chi connectivity index (χ1) is 20.3. The number of methoxy groups -OCH3 is 2. The number of nitrogens with one attached hydrogen (secondary N) is 1. The molecule has 214 valence electrons. The minimum atomic E-state index is -0.761. The van der Waals surface area contributed by atoms with E-state index in [0.717, 1.165) is 22.5 Å². The zero-order chi connectivity index (χ0) is 29.5. The molecule has 1 aromatic heterocycles. The van der Waals surface area contributed by atoms with Crippen molar-refractivity contribution in [2.24, 2.45) is 5.92 Å². The number of hydrogen-bond donors (Lipinski definition) is 1. The Morgan fingerprint density at radius 2 is 1.48 bits per heavy atom. The third-order valence-electron chi connectivity index (χ3n) is 7.49. The van der Waals surface area contributed by atoms with Crippen molar-refractivity contribution in [3.8, 4) is 11.5 Å². The number of ether oxygens (including phenoxy) is 2. The van der Waals surface area contributed by atoms with Crippen LogP contribution in [0.25, 0.3) is 0 Å². The standard InChI is InChI=1S/C31H27N3O6S2/c1-17-4-10-20(11-5-17)34-28(36)25-24(18-6-12-21(39-2)13-7-18)27-30(41-26(25)29(34)37)33(31(38)42-27)16-23(35)32-19-8-14-22(40-3)15-9-19/h4-15,24-26H,16H2,1-3H3,(H,32,35)/t24-,25?,26?/m1/s1. The molecule has 3 aromatic carbocycles. The van der Waals surface area contributed by atoms with Crippen molar-refractivity contribution in [1.82, 2.24) is 4.57 Å². The van der Waals surface area contributed by atoms with E-state index in [4.69, 9.17) is 9.47 Å². The van der Waals surface area contributed by atoms with Crippen molar-refractivity contribution >= 4 is 52.2 Å². The highest BCUT2D eigenvalue weighted by atomic mass is 32.2. The maximum Gasteiger partial charge on any atom is 0.308 e. The number of thioether (sulfide) groups is 1. The van der Waals surface area contributed by atoms with Crippen molar-refractivity contribution in [3.05, 3.63) is 98.5 Å². The van der Waals surface area contributed by atoms with Gasteiger partial charge in [-0.05, 0) is 61.0 Å². The fraction of sp³-hybridized carbons (Fsp3) is 0.226. The van der Waals surface area contributed by atoms with Gasteiger partial charge in [-0.1, -0.05) is 52.9 Å². The highest BCUT2D eigenvalue weighted by Crippen LogP contribution is 2.54. The first-order valence-electron chi connectivity index (χ1n) is 13.2. The van der Waals surface area contributed by atoms with E-state index < -0.39 is 17.1 Å². The Kier molecular flexibility index (Phi) is 7.38. The fourth-order valence-corrected chi connectivity index (χ4v) is 8.17. The Hall–Kier alpha value is -4.35. The summed E-state index contributed by atoms with van der Waals surface area (Å²) in [4.78, 5) is 55.8. The zero-order valence-corrected chi connectivity index (χ0v) is 24.7. The number of amides is 3. The smallest absolute Gasteiger partial charge is 0.308 e. The third-order valence-corrected chi connectivity index (χ3v) is 10.1. The summed E-state index contributed by atoms with van der Waals surface area (Å²) in [5, 5.41) is 2.58. The number of aryl methyl sites for hydroxylation is 1. The van der Waals surface area contributed by atoms with Gasteiger partial charge in [0.25, 0.3) is 0 Å². The van der Waals surface area contributed by atoms with Gasteiger partial charge in [-0.15, -0.1) is 0 Å². The van der Waals surface area contributed by atoms with Gasteiger partial charge < -0.3 is 14.8 Å². The van der Waals surface area contributed by atoms with E-state index in [9.17, 15) is 19.2 Å². The van der Waals surface area contributed by atoms with E-state index in [1.54, 1.807) is 62.8 Å². The average molecular weight is 602 g/mol. The highest BCUT2D eigenvalue weighted by molar-refractivity contribution is 8.00. The summed E-state index contributed by atoms with van der Waals surface area (Å²) >= 11 is 2.20. The quantitative estimate of drug-likeness (QED) is 0.307. The van der Waals surface area contributed by atoms with Gasteiger partial charge in [-0.25, -0.2) is 4.90 Å². The number of aromatic nitrogens is 1. The number of imide groups is 1. The molecular formula is C31H27N3O6S2. The Balaban J connectivity index is 1.38. The molecule has 3 atom stereocenters. The molecule has 0 spiro atoms. The number of fused-ring (bicyclic) bond motifs is 2. The molecule has 0 radical (unpaired) electrons. The molecule has 3 heterocycles. The molecule has 2 aliphatic heterocycles. The molecule has 0 saturated carbocycles. The van der Waals surface area contributed by atoms with Gasteiger partial charge in [-0.3, -0.25) is 23.7 Å². The monoisotopic (exact) mass is 601 g/mol. The molecule has 2 unspecified atom stereocenters. The molecule has 2 aliphatic rings. The van der Waals surface area contributed by atoms with Gasteiger partial charge in [0.15, 0.2) is 0 Å². The fourth-order valence-electron chi connectivity index (χ4n) is 5.39. The van der Waals surface area contributed by atoms with Crippen LogP contribution in [0.3, 0.4) is 0 Å². The normalized spacial score (nSPS) is 19.3. The van der Waals surface area contributed by atoms with Crippen molar-refractivity contribution in [2.75, 3.05) is 24.4 Å². The van der Waals surface area contributed by atoms with Gasteiger partial charge in [-0.2, -0.15) is 0 Å². The SMILES string of the molecule is COc1ccc(NC(=O)Cn2c3c(sc2=O)[C@H](c2ccc(OC)cc2)C2C(=O)N(c4ccc(C)cc4)C(=O)C2S3)cc1. The number of carbonyl (C=O) groups excluding carboxylic acids is 3. The van der Waals surface area contributed by atoms with Crippen LogP contribution < -0.4 is 24.6 Å². The summed E-state index contributed by atoms with van der Waals surface area (Å²) in [6.07, 6.45) is 0. The maximum absolute atomic E-state index is 14.0. The first kappa shape index (κ1) is 27.8. The second-order valence-corrected chi connectivity index (χ2v) is 12.2. The van der Waals surface area contributed by atoms with Crippen LogP contribution in [0.5, 0.6) is 11.5 Å². The molecule has 11 heteroatoms. The van der Waals surface area contributed by atoms with E-state index in [2.05, 4.69) is 5.32 Å². The maximum atomic E-state index is 14.0. The lowest BCUT2D eigenvalue weighted by Crippen LogP contribution is -2.33. The first-order valence-corrected chi connectivity index (χ1v) is 14.9. The Bertz CT molecular complexity index is 1730. The van der Waals surface area contributed by atoms with Crippen LogP contribution in [-0.4, -0.2) is 41.8 Å². The molecule has 0 aliphatic carbocycles.